The molecule has 0 N–H and O–H groups in total. The summed E-state index contributed by atoms with van der Waals surface area (Å²) >= 11 is 3.34. The van der Waals surface area contributed by atoms with Gasteiger partial charge < -0.3 is 0 Å². The minimum atomic E-state index is -2.00. The van der Waals surface area contributed by atoms with Crippen molar-refractivity contribution in [2.45, 2.75) is 26.7 Å². The van der Waals surface area contributed by atoms with Gasteiger partial charge in [-0.2, -0.15) is 0 Å². The van der Waals surface area contributed by atoms with E-state index in [0.29, 0.717) is 0 Å². The van der Waals surface area contributed by atoms with Crippen LogP contribution in [-0.4, -0.2) is 11.5 Å². The second-order valence-electron chi connectivity index (χ2n) is 2.62. The molecular weight excluding hydrogens is 207 g/mol. The maximum Gasteiger partial charge on any atom is 0.215 e. The highest BCUT2D eigenvalue weighted by Crippen LogP contribution is 2.78. The number of hydrogen-bond acceptors (Lipinski definition) is 3. The highest BCUT2D eigenvalue weighted by molar-refractivity contribution is 8.93. The van der Waals surface area contributed by atoms with Gasteiger partial charge in [0.25, 0.3) is 0 Å². The first-order chi connectivity index (χ1) is 5.73. The molecule has 70 valence electrons. The number of allylic oxidation sites excluding steroid dienone is 2. The lowest BCUT2D eigenvalue weighted by atomic mass is 10.3. The molecular formula is C8H15OPS2. The minimum Gasteiger partial charge on any atom is -0.296 e. The van der Waals surface area contributed by atoms with E-state index in [2.05, 4.69) is 19.9 Å². The Hall–Kier alpha value is 0.670. The van der Waals surface area contributed by atoms with Gasteiger partial charge in [-0.25, -0.2) is 0 Å². The molecule has 0 radical (unpaired) electrons. The number of hydrogen-bond donors (Lipinski definition) is 0. The summed E-state index contributed by atoms with van der Waals surface area (Å²) in [6.07, 6.45) is 4.10. The lowest BCUT2D eigenvalue weighted by Crippen LogP contribution is -1.75. The SMILES string of the molecule is CC/C=C(/CC)P1(=O)SCCS1. The Kier molecular flexibility index (Phi) is 4.28. The van der Waals surface area contributed by atoms with Crippen molar-refractivity contribution in [1.29, 1.82) is 0 Å². The summed E-state index contributed by atoms with van der Waals surface area (Å²) in [4.78, 5) is 0. The van der Waals surface area contributed by atoms with E-state index in [-0.39, 0.29) is 0 Å². The fourth-order valence-corrected chi connectivity index (χ4v) is 10.7. The summed E-state index contributed by atoms with van der Waals surface area (Å²) in [5.41, 5.74) is -2.00. The van der Waals surface area contributed by atoms with Gasteiger partial charge in [0.15, 0.2) is 0 Å². The predicted octanol–water partition coefficient (Wildman–Crippen LogP) is 4.36. The average Bonchev–Trinajstić information content (AvgIpc) is 2.49. The summed E-state index contributed by atoms with van der Waals surface area (Å²) in [5.74, 6) is 2.12. The van der Waals surface area contributed by atoms with Gasteiger partial charge >= 0.3 is 0 Å². The van der Waals surface area contributed by atoms with E-state index in [4.69, 9.17) is 0 Å². The van der Waals surface area contributed by atoms with Crippen LogP contribution in [0.5, 0.6) is 0 Å². The van der Waals surface area contributed by atoms with Crippen molar-refractivity contribution in [2.24, 2.45) is 0 Å². The smallest absolute Gasteiger partial charge is 0.215 e. The van der Waals surface area contributed by atoms with Crippen LogP contribution >= 0.6 is 28.3 Å². The van der Waals surface area contributed by atoms with Crippen LogP contribution in [0.3, 0.4) is 0 Å². The second-order valence-corrected chi connectivity index (χ2v) is 10.9. The van der Waals surface area contributed by atoms with Crippen molar-refractivity contribution in [3.8, 4) is 0 Å². The van der Waals surface area contributed by atoms with Crippen LogP contribution in [0.4, 0.5) is 0 Å². The molecule has 0 aromatic carbocycles. The van der Waals surface area contributed by atoms with Gasteiger partial charge in [-0.1, -0.05) is 42.7 Å². The van der Waals surface area contributed by atoms with Crippen molar-refractivity contribution in [3.05, 3.63) is 11.4 Å². The molecule has 0 amide bonds. The standard InChI is InChI=1S/C8H15OPS2/c1-3-5-8(4-2)10(9)11-6-7-12-10/h5H,3-4,6-7H2,1-2H3/b8-5-. The quantitative estimate of drug-likeness (QED) is 0.660. The Labute approximate surface area is 82.6 Å². The fraction of sp³-hybridized carbons (Fsp3) is 0.750. The van der Waals surface area contributed by atoms with Crippen molar-refractivity contribution in [3.63, 3.8) is 0 Å². The van der Waals surface area contributed by atoms with Crippen molar-refractivity contribution in [1.82, 2.24) is 0 Å². The van der Waals surface area contributed by atoms with Crippen LogP contribution in [0.2, 0.25) is 0 Å². The summed E-state index contributed by atoms with van der Waals surface area (Å²) < 4.78 is 12.2. The summed E-state index contributed by atoms with van der Waals surface area (Å²) in [6.45, 7) is 4.20. The molecule has 0 aromatic rings. The van der Waals surface area contributed by atoms with Gasteiger partial charge in [-0.15, -0.1) is 0 Å². The largest absolute Gasteiger partial charge is 0.296 e. The van der Waals surface area contributed by atoms with Gasteiger partial charge in [0.05, 0.1) is 0 Å². The molecule has 0 spiro atoms. The average molecular weight is 222 g/mol. The topological polar surface area (TPSA) is 17.1 Å². The first-order valence-corrected chi connectivity index (χ1v) is 9.20. The molecule has 1 saturated heterocycles. The van der Waals surface area contributed by atoms with Gasteiger partial charge in [0.1, 0.15) is 0 Å². The lowest BCUT2D eigenvalue weighted by Gasteiger charge is -2.11. The first kappa shape index (κ1) is 10.7. The van der Waals surface area contributed by atoms with Crippen LogP contribution in [0.1, 0.15) is 26.7 Å². The zero-order valence-electron chi connectivity index (χ0n) is 7.58. The molecule has 0 aromatic heterocycles. The molecule has 1 rings (SSSR count). The van der Waals surface area contributed by atoms with E-state index in [9.17, 15) is 4.57 Å². The maximum atomic E-state index is 12.2. The zero-order chi connectivity index (χ0) is 9.03. The molecule has 0 atom stereocenters. The fourth-order valence-electron chi connectivity index (χ4n) is 1.20. The van der Waals surface area contributed by atoms with E-state index in [1.807, 2.05) is 0 Å². The second kappa shape index (κ2) is 4.78. The van der Waals surface area contributed by atoms with Crippen LogP contribution in [0.25, 0.3) is 0 Å². The van der Waals surface area contributed by atoms with Gasteiger partial charge in [0.2, 0.25) is 5.55 Å². The zero-order valence-corrected chi connectivity index (χ0v) is 10.1. The highest BCUT2D eigenvalue weighted by atomic mass is 33.1. The van der Waals surface area contributed by atoms with Crippen LogP contribution in [0.15, 0.2) is 11.4 Å². The third kappa shape index (κ3) is 2.34. The Bertz CT molecular complexity index is 215. The van der Waals surface area contributed by atoms with E-state index in [0.717, 1.165) is 24.3 Å². The van der Waals surface area contributed by atoms with E-state index in [1.165, 1.54) is 5.31 Å². The monoisotopic (exact) mass is 222 g/mol. The Balaban J connectivity index is 2.77. The minimum absolute atomic E-state index is 0.950. The molecule has 1 aliphatic rings. The van der Waals surface area contributed by atoms with Gasteiger partial charge in [-0.3, -0.25) is 4.57 Å². The molecule has 1 nitrogen and oxygen atoms in total. The molecule has 4 heteroatoms. The molecule has 0 unspecified atom stereocenters. The van der Waals surface area contributed by atoms with E-state index in [1.54, 1.807) is 22.8 Å². The number of rotatable bonds is 3. The summed E-state index contributed by atoms with van der Waals surface area (Å²) in [6, 6.07) is 0. The first-order valence-electron chi connectivity index (χ1n) is 4.31. The van der Waals surface area contributed by atoms with Crippen molar-refractivity contribution < 1.29 is 4.57 Å². The molecule has 1 aliphatic heterocycles. The summed E-state index contributed by atoms with van der Waals surface area (Å²) in [7, 11) is 0. The molecule has 1 fully saturated rings. The summed E-state index contributed by atoms with van der Waals surface area (Å²) in [5, 5.41) is 1.19. The van der Waals surface area contributed by atoms with Gasteiger partial charge in [-0.05, 0) is 12.8 Å². The van der Waals surface area contributed by atoms with Crippen LogP contribution in [0, 0.1) is 0 Å². The van der Waals surface area contributed by atoms with Gasteiger partial charge in [0, 0.05) is 16.8 Å². The van der Waals surface area contributed by atoms with E-state index >= 15 is 0 Å². The van der Waals surface area contributed by atoms with E-state index < -0.39 is 5.55 Å². The van der Waals surface area contributed by atoms with Crippen LogP contribution in [-0.2, 0) is 4.57 Å². The highest BCUT2D eigenvalue weighted by Gasteiger charge is 2.31. The van der Waals surface area contributed by atoms with Crippen molar-refractivity contribution >= 4 is 28.3 Å². The normalized spacial score (nSPS) is 23.0. The predicted molar refractivity (Wildman–Crippen MR) is 61.2 cm³/mol. The molecule has 0 bridgehead atoms. The third-order valence-electron chi connectivity index (χ3n) is 1.76. The third-order valence-corrected chi connectivity index (χ3v) is 11.1. The Morgan fingerprint density at radius 1 is 1.42 bits per heavy atom. The lowest BCUT2D eigenvalue weighted by molar-refractivity contribution is 0.596. The van der Waals surface area contributed by atoms with Crippen LogP contribution < -0.4 is 0 Å². The Morgan fingerprint density at radius 2 is 2.00 bits per heavy atom. The molecule has 1 heterocycles. The molecule has 0 aliphatic carbocycles. The molecule has 12 heavy (non-hydrogen) atoms. The molecule has 0 saturated carbocycles. The van der Waals surface area contributed by atoms with Crippen molar-refractivity contribution in [2.75, 3.05) is 11.5 Å². The Morgan fingerprint density at radius 3 is 2.42 bits per heavy atom. The maximum absolute atomic E-state index is 12.2.